The molecule has 0 aromatic carbocycles. The molecule has 0 atom stereocenters. The van der Waals surface area contributed by atoms with Crippen LogP contribution in [0.3, 0.4) is 0 Å². The van der Waals surface area contributed by atoms with Crippen molar-refractivity contribution >= 4 is 10.0 Å². The molecule has 0 unspecified atom stereocenters. The van der Waals surface area contributed by atoms with Gasteiger partial charge in [-0.1, -0.05) is 19.3 Å². The van der Waals surface area contributed by atoms with Crippen LogP contribution in [0, 0.1) is 0 Å². The Kier molecular flexibility index (Phi) is 5.56. The van der Waals surface area contributed by atoms with Crippen molar-refractivity contribution in [3.63, 3.8) is 0 Å². The van der Waals surface area contributed by atoms with E-state index >= 15 is 0 Å². The number of nitrogens with one attached hydrogen (secondary N) is 2. The topological polar surface area (TPSA) is 58.2 Å². The van der Waals surface area contributed by atoms with E-state index in [1.807, 2.05) is 0 Å². The van der Waals surface area contributed by atoms with Crippen LogP contribution in [-0.4, -0.2) is 33.3 Å². The van der Waals surface area contributed by atoms with Gasteiger partial charge in [0, 0.05) is 19.1 Å². The number of hydrogen-bond acceptors (Lipinski definition) is 3. The van der Waals surface area contributed by atoms with E-state index in [-0.39, 0.29) is 5.75 Å². The third-order valence-corrected chi connectivity index (χ3v) is 4.27. The van der Waals surface area contributed by atoms with E-state index in [4.69, 9.17) is 0 Å². The van der Waals surface area contributed by atoms with Crippen molar-refractivity contribution in [3.05, 3.63) is 0 Å². The summed E-state index contributed by atoms with van der Waals surface area (Å²) < 4.78 is 24.8. The first-order chi connectivity index (χ1) is 7.14. The summed E-state index contributed by atoms with van der Waals surface area (Å²) in [4.78, 5) is 0. The van der Waals surface area contributed by atoms with Crippen molar-refractivity contribution < 1.29 is 8.42 Å². The van der Waals surface area contributed by atoms with Crippen LogP contribution in [0.4, 0.5) is 0 Å². The second-order valence-electron chi connectivity index (χ2n) is 4.09. The fourth-order valence-corrected chi connectivity index (χ4v) is 2.51. The standard InChI is InChI=1S/C10H22N2O2S/c1-2-15(13,14)12-9-8-11-10-6-4-3-5-7-10/h10-12H,2-9H2,1H3. The van der Waals surface area contributed by atoms with Gasteiger partial charge in [-0.25, -0.2) is 13.1 Å². The van der Waals surface area contributed by atoms with E-state index in [1.165, 1.54) is 32.1 Å². The first-order valence-corrected chi connectivity index (χ1v) is 7.50. The van der Waals surface area contributed by atoms with Crippen LogP contribution in [0.5, 0.6) is 0 Å². The van der Waals surface area contributed by atoms with Crippen LogP contribution in [0.15, 0.2) is 0 Å². The number of hydrogen-bond donors (Lipinski definition) is 2. The van der Waals surface area contributed by atoms with E-state index in [9.17, 15) is 8.42 Å². The normalized spacial score (nSPS) is 19.3. The third kappa shape index (κ3) is 5.49. The summed E-state index contributed by atoms with van der Waals surface area (Å²) in [5, 5.41) is 3.39. The highest BCUT2D eigenvalue weighted by atomic mass is 32.2. The van der Waals surface area contributed by atoms with Gasteiger partial charge in [0.2, 0.25) is 10.0 Å². The van der Waals surface area contributed by atoms with Crippen molar-refractivity contribution in [1.82, 2.24) is 10.0 Å². The first-order valence-electron chi connectivity index (χ1n) is 5.85. The predicted molar refractivity (Wildman–Crippen MR) is 62.3 cm³/mol. The molecule has 2 N–H and O–H groups in total. The molecule has 1 rings (SSSR count). The van der Waals surface area contributed by atoms with Gasteiger partial charge in [-0.3, -0.25) is 0 Å². The fourth-order valence-electron chi connectivity index (χ4n) is 1.89. The lowest BCUT2D eigenvalue weighted by Crippen LogP contribution is -2.38. The first kappa shape index (κ1) is 12.9. The SMILES string of the molecule is CCS(=O)(=O)NCCNC1CCCCC1. The summed E-state index contributed by atoms with van der Waals surface area (Å²) in [6, 6.07) is 0.602. The van der Waals surface area contributed by atoms with Crippen molar-refractivity contribution in [2.45, 2.75) is 45.1 Å². The Morgan fingerprint density at radius 2 is 1.80 bits per heavy atom. The summed E-state index contributed by atoms with van der Waals surface area (Å²) in [5.74, 6) is 0.163. The van der Waals surface area contributed by atoms with Crippen molar-refractivity contribution in [1.29, 1.82) is 0 Å². The Bertz CT molecular complexity index is 259. The molecule has 0 aliphatic heterocycles. The largest absolute Gasteiger partial charge is 0.313 e. The minimum atomic E-state index is -3.01. The molecule has 4 nitrogen and oxygen atoms in total. The maximum Gasteiger partial charge on any atom is 0.211 e. The molecule has 5 heteroatoms. The predicted octanol–water partition coefficient (Wildman–Crippen LogP) is 0.848. The molecule has 1 aliphatic rings. The van der Waals surface area contributed by atoms with Crippen LogP contribution in [-0.2, 0) is 10.0 Å². The molecule has 0 bridgehead atoms. The average molecular weight is 234 g/mol. The molecule has 1 saturated carbocycles. The minimum Gasteiger partial charge on any atom is -0.313 e. The zero-order valence-electron chi connectivity index (χ0n) is 9.46. The zero-order chi connectivity index (χ0) is 11.1. The molecular weight excluding hydrogens is 212 g/mol. The van der Waals surface area contributed by atoms with Crippen molar-refractivity contribution in [2.24, 2.45) is 0 Å². The van der Waals surface area contributed by atoms with Gasteiger partial charge in [0.1, 0.15) is 0 Å². The summed E-state index contributed by atoms with van der Waals surface area (Å²) in [5.41, 5.74) is 0. The molecule has 0 aromatic rings. The molecule has 0 heterocycles. The molecule has 15 heavy (non-hydrogen) atoms. The third-order valence-electron chi connectivity index (χ3n) is 2.87. The highest BCUT2D eigenvalue weighted by molar-refractivity contribution is 7.89. The fraction of sp³-hybridized carbons (Fsp3) is 1.00. The van der Waals surface area contributed by atoms with Crippen LogP contribution < -0.4 is 10.0 Å². The quantitative estimate of drug-likeness (QED) is 0.670. The summed E-state index contributed by atoms with van der Waals surface area (Å²) in [6.07, 6.45) is 6.43. The second-order valence-corrected chi connectivity index (χ2v) is 6.18. The molecule has 0 saturated heterocycles. The Labute approximate surface area is 92.9 Å². The highest BCUT2D eigenvalue weighted by Crippen LogP contribution is 2.16. The lowest BCUT2D eigenvalue weighted by atomic mass is 9.96. The maximum absolute atomic E-state index is 11.1. The summed E-state index contributed by atoms with van der Waals surface area (Å²) >= 11 is 0. The summed E-state index contributed by atoms with van der Waals surface area (Å²) in [6.45, 7) is 2.90. The monoisotopic (exact) mass is 234 g/mol. The smallest absolute Gasteiger partial charge is 0.211 e. The van der Waals surface area contributed by atoms with Crippen LogP contribution >= 0.6 is 0 Å². The van der Waals surface area contributed by atoms with Gasteiger partial charge >= 0.3 is 0 Å². The van der Waals surface area contributed by atoms with E-state index in [1.54, 1.807) is 6.92 Å². The van der Waals surface area contributed by atoms with Gasteiger partial charge in [-0.05, 0) is 19.8 Å². The molecule has 90 valence electrons. The Balaban J connectivity index is 2.06. The Morgan fingerprint density at radius 3 is 2.40 bits per heavy atom. The van der Waals surface area contributed by atoms with E-state index in [0.717, 1.165) is 6.54 Å². The molecule has 1 aliphatic carbocycles. The van der Waals surface area contributed by atoms with E-state index < -0.39 is 10.0 Å². The highest BCUT2D eigenvalue weighted by Gasteiger charge is 2.12. The van der Waals surface area contributed by atoms with Gasteiger partial charge in [-0.15, -0.1) is 0 Å². The molecule has 1 fully saturated rings. The lowest BCUT2D eigenvalue weighted by molar-refractivity contribution is 0.375. The van der Waals surface area contributed by atoms with Crippen LogP contribution in [0.2, 0.25) is 0 Å². The number of sulfonamides is 1. The molecule has 0 spiro atoms. The van der Waals surface area contributed by atoms with E-state index in [0.29, 0.717) is 12.6 Å². The molecule has 0 radical (unpaired) electrons. The van der Waals surface area contributed by atoms with Crippen molar-refractivity contribution in [3.8, 4) is 0 Å². The molecule has 0 aromatic heterocycles. The van der Waals surface area contributed by atoms with E-state index in [2.05, 4.69) is 10.0 Å². The number of rotatable bonds is 6. The molecular formula is C10H22N2O2S. The molecule has 0 amide bonds. The Hall–Kier alpha value is -0.130. The maximum atomic E-state index is 11.1. The van der Waals surface area contributed by atoms with Gasteiger partial charge in [0.25, 0.3) is 0 Å². The average Bonchev–Trinajstić information content (AvgIpc) is 2.26. The van der Waals surface area contributed by atoms with Gasteiger partial charge in [0.15, 0.2) is 0 Å². The zero-order valence-corrected chi connectivity index (χ0v) is 10.3. The van der Waals surface area contributed by atoms with Gasteiger partial charge in [0.05, 0.1) is 5.75 Å². The lowest BCUT2D eigenvalue weighted by Gasteiger charge is -2.22. The van der Waals surface area contributed by atoms with Gasteiger partial charge < -0.3 is 5.32 Å². The summed E-state index contributed by atoms with van der Waals surface area (Å²) in [7, 11) is -3.01. The minimum absolute atomic E-state index is 0.163. The van der Waals surface area contributed by atoms with Crippen LogP contribution in [0.25, 0.3) is 0 Å². The Morgan fingerprint density at radius 1 is 1.13 bits per heavy atom. The van der Waals surface area contributed by atoms with Crippen LogP contribution in [0.1, 0.15) is 39.0 Å². The van der Waals surface area contributed by atoms with Crippen molar-refractivity contribution in [2.75, 3.05) is 18.8 Å². The van der Waals surface area contributed by atoms with Gasteiger partial charge in [-0.2, -0.15) is 0 Å². The second kappa shape index (κ2) is 6.45.